The summed E-state index contributed by atoms with van der Waals surface area (Å²) < 4.78 is 2.63. The Morgan fingerprint density at radius 1 is 1.71 bits per heavy atom. The highest BCUT2D eigenvalue weighted by Gasteiger charge is 2.28. The average Bonchev–Trinajstić information content (AvgIpc) is 2.67. The Hall–Kier alpha value is -1.32. The number of aromatic nitrogens is 1. The van der Waals surface area contributed by atoms with E-state index in [2.05, 4.69) is 27.3 Å². The minimum atomic E-state index is -0.384. The molecule has 1 saturated heterocycles. The van der Waals surface area contributed by atoms with Crippen LogP contribution < -0.4 is 5.32 Å². The van der Waals surface area contributed by atoms with E-state index in [4.69, 9.17) is 5.26 Å². The Balaban J connectivity index is 2.24. The highest BCUT2D eigenvalue weighted by atomic mass is 79.9. The SMILES string of the molecule is Cn1cc(Br)cc1C(=O)N1CCNCC1C#N. The third kappa shape index (κ3) is 2.35. The quantitative estimate of drug-likeness (QED) is 0.831. The monoisotopic (exact) mass is 296 g/mol. The topological polar surface area (TPSA) is 61.1 Å². The third-order valence-corrected chi connectivity index (χ3v) is 3.28. The normalized spacial score (nSPS) is 20.1. The van der Waals surface area contributed by atoms with Crippen molar-refractivity contribution < 1.29 is 4.79 Å². The smallest absolute Gasteiger partial charge is 0.271 e. The molecule has 1 N–H and O–H groups in total. The minimum Gasteiger partial charge on any atom is -0.345 e. The molecule has 1 aromatic heterocycles. The summed E-state index contributed by atoms with van der Waals surface area (Å²) in [5.41, 5.74) is 0.596. The summed E-state index contributed by atoms with van der Waals surface area (Å²) in [6, 6.07) is 3.54. The van der Waals surface area contributed by atoms with E-state index < -0.39 is 0 Å². The molecule has 1 aliphatic heterocycles. The summed E-state index contributed by atoms with van der Waals surface area (Å²) in [6.07, 6.45) is 1.83. The van der Waals surface area contributed by atoms with E-state index >= 15 is 0 Å². The first kappa shape index (κ1) is 12.1. The van der Waals surface area contributed by atoms with E-state index in [0.717, 1.165) is 11.0 Å². The number of carbonyl (C=O) groups excluding carboxylic acids is 1. The van der Waals surface area contributed by atoms with Crippen molar-refractivity contribution in [1.82, 2.24) is 14.8 Å². The number of halogens is 1. The molecule has 0 radical (unpaired) electrons. The van der Waals surface area contributed by atoms with E-state index in [0.29, 0.717) is 18.8 Å². The number of hydrogen-bond donors (Lipinski definition) is 1. The molecule has 90 valence electrons. The van der Waals surface area contributed by atoms with Gasteiger partial charge in [-0.15, -0.1) is 0 Å². The summed E-state index contributed by atoms with van der Waals surface area (Å²) in [5, 5.41) is 12.1. The Labute approximate surface area is 108 Å². The van der Waals surface area contributed by atoms with Crippen molar-refractivity contribution in [2.45, 2.75) is 6.04 Å². The van der Waals surface area contributed by atoms with Crippen LogP contribution in [-0.4, -0.2) is 41.1 Å². The molecule has 17 heavy (non-hydrogen) atoms. The number of piperazine rings is 1. The lowest BCUT2D eigenvalue weighted by Gasteiger charge is -2.31. The molecule has 0 aliphatic carbocycles. The number of nitrogens with one attached hydrogen (secondary N) is 1. The zero-order chi connectivity index (χ0) is 12.4. The number of nitriles is 1. The second-order valence-electron chi connectivity index (χ2n) is 4.00. The molecule has 6 heteroatoms. The molecule has 2 rings (SSSR count). The van der Waals surface area contributed by atoms with Crippen LogP contribution in [0.5, 0.6) is 0 Å². The average molecular weight is 297 g/mol. The van der Waals surface area contributed by atoms with Crippen LogP contribution in [-0.2, 0) is 7.05 Å². The second-order valence-corrected chi connectivity index (χ2v) is 4.92. The van der Waals surface area contributed by atoms with Crippen LogP contribution >= 0.6 is 15.9 Å². The van der Waals surface area contributed by atoms with Crippen molar-refractivity contribution in [2.24, 2.45) is 7.05 Å². The van der Waals surface area contributed by atoms with Gasteiger partial charge in [0.15, 0.2) is 0 Å². The molecular weight excluding hydrogens is 284 g/mol. The Kier molecular flexibility index (Phi) is 3.50. The Morgan fingerprint density at radius 3 is 3.06 bits per heavy atom. The molecule has 0 bridgehead atoms. The van der Waals surface area contributed by atoms with Gasteiger partial charge in [0.2, 0.25) is 0 Å². The highest BCUT2D eigenvalue weighted by Crippen LogP contribution is 2.17. The zero-order valence-electron chi connectivity index (χ0n) is 9.48. The minimum absolute atomic E-state index is 0.0914. The molecular formula is C11H13BrN4O. The summed E-state index contributed by atoms with van der Waals surface area (Å²) in [7, 11) is 1.82. The van der Waals surface area contributed by atoms with E-state index in [1.165, 1.54) is 0 Å². The van der Waals surface area contributed by atoms with Gasteiger partial charge in [-0.25, -0.2) is 0 Å². The summed E-state index contributed by atoms with van der Waals surface area (Å²) in [6.45, 7) is 1.84. The first-order valence-corrected chi connectivity index (χ1v) is 6.16. The van der Waals surface area contributed by atoms with Crippen molar-refractivity contribution in [3.05, 3.63) is 22.4 Å². The lowest BCUT2D eigenvalue weighted by atomic mass is 10.2. The highest BCUT2D eigenvalue weighted by molar-refractivity contribution is 9.10. The molecule has 1 unspecified atom stereocenters. The lowest BCUT2D eigenvalue weighted by molar-refractivity contribution is 0.0677. The first-order chi connectivity index (χ1) is 8.13. The van der Waals surface area contributed by atoms with Gasteiger partial charge in [0.1, 0.15) is 11.7 Å². The van der Waals surface area contributed by atoms with Crippen LogP contribution in [0.2, 0.25) is 0 Å². The van der Waals surface area contributed by atoms with Gasteiger partial charge < -0.3 is 14.8 Å². The summed E-state index contributed by atoms with van der Waals surface area (Å²) >= 11 is 3.34. The van der Waals surface area contributed by atoms with Crippen molar-refractivity contribution in [1.29, 1.82) is 5.26 Å². The molecule has 1 aliphatic rings. The van der Waals surface area contributed by atoms with Gasteiger partial charge in [-0.3, -0.25) is 4.79 Å². The summed E-state index contributed by atoms with van der Waals surface area (Å²) in [4.78, 5) is 13.9. The molecule has 1 aromatic rings. The predicted molar refractivity (Wildman–Crippen MR) is 66.4 cm³/mol. The summed E-state index contributed by atoms with van der Waals surface area (Å²) in [5.74, 6) is -0.0914. The number of amides is 1. The first-order valence-electron chi connectivity index (χ1n) is 5.36. The maximum atomic E-state index is 12.3. The standard InChI is InChI=1S/C11H13BrN4O/c1-15-7-8(12)4-10(15)11(17)16-3-2-14-6-9(16)5-13/h4,7,9,14H,2-3,6H2,1H3. The molecule has 0 aromatic carbocycles. The fourth-order valence-electron chi connectivity index (χ4n) is 1.95. The number of rotatable bonds is 1. The molecule has 1 atom stereocenters. The van der Waals surface area contributed by atoms with Crippen molar-refractivity contribution in [2.75, 3.05) is 19.6 Å². The van der Waals surface area contributed by atoms with E-state index in [-0.39, 0.29) is 11.9 Å². The van der Waals surface area contributed by atoms with Crippen molar-refractivity contribution in [3.8, 4) is 6.07 Å². The fourth-order valence-corrected chi connectivity index (χ4v) is 2.47. The van der Waals surface area contributed by atoms with Crippen LogP contribution in [0.15, 0.2) is 16.7 Å². The van der Waals surface area contributed by atoms with Crippen molar-refractivity contribution >= 4 is 21.8 Å². The van der Waals surface area contributed by atoms with Gasteiger partial charge in [-0.1, -0.05) is 0 Å². The molecule has 0 spiro atoms. The van der Waals surface area contributed by atoms with Gasteiger partial charge in [0, 0.05) is 37.4 Å². The predicted octanol–water partition coefficient (Wildman–Crippen LogP) is 0.725. The maximum Gasteiger partial charge on any atom is 0.271 e. The van der Waals surface area contributed by atoms with Gasteiger partial charge in [-0.05, 0) is 22.0 Å². The van der Waals surface area contributed by atoms with Gasteiger partial charge in [0.25, 0.3) is 5.91 Å². The molecule has 5 nitrogen and oxygen atoms in total. The fraction of sp³-hybridized carbons (Fsp3) is 0.455. The van der Waals surface area contributed by atoms with Crippen LogP contribution in [0.25, 0.3) is 0 Å². The van der Waals surface area contributed by atoms with Gasteiger partial charge >= 0.3 is 0 Å². The zero-order valence-corrected chi connectivity index (χ0v) is 11.1. The van der Waals surface area contributed by atoms with E-state index in [1.54, 1.807) is 15.5 Å². The maximum absolute atomic E-state index is 12.3. The lowest BCUT2D eigenvalue weighted by Crippen LogP contribution is -2.53. The molecule has 1 amide bonds. The Morgan fingerprint density at radius 2 is 2.47 bits per heavy atom. The second kappa shape index (κ2) is 4.90. The van der Waals surface area contributed by atoms with E-state index in [1.807, 2.05) is 13.2 Å². The molecule has 2 heterocycles. The van der Waals surface area contributed by atoms with Crippen LogP contribution in [0.4, 0.5) is 0 Å². The van der Waals surface area contributed by atoms with Crippen LogP contribution in [0.1, 0.15) is 10.5 Å². The number of hydrogen-bond acceptors (Lipinski definition) is 3. The molecule has 0 saturated carbocycles. The third-order valence-electron chi connectivity index (χ3n) is 2.84. The van der Waals surface area contributed by atoms with E-state index in [9.17, 15) is 4.79 Å². The number of carbonyl (C=O) groups is 1. The van der Waals surface area contributed by atoms with Gasteiger partial charge in [0.05, 0.1) is 6.07 Å². The largest absolute Gasteiger partial charge is 0.345 e. The number of aryl methyl sites for hydroxylation is 1. The number of nitrogens with zero attached hydrogens (tertiary/aromatic N) is 3. The van der Waals surface area contributed by atoms with Gasteiger partial charge in [-0.2, -0.15) is 5.26 Å². The Bertz CT molecular complexity index is 476. The van der Waals surface area contributed by atoms with Crippen molar-refractivity contribution in [3.63, 3.8) is 0 Å². The van der Waals surface area contributed by atoms with Crippen LogP contribution in [0, 0.1) is 11.3 Å². The molecule has 1 fully saturated rings. The van der Waals surface area contributed by atoms with Crippen LogP contribution in [0.3, 0.4) is 0 Å².